The molecule has 1 aromatic heterocycles. The molecule has 0 radical (unpaired) electrons. The van der Waals surface area contributed by atoms with Crippen molar-refractivity contribution in [2.75, 3.05) is 27.4 Å². The molecule has 11 nitrogen and oxygen atoms in total. The molecule has 2 saturated heterocycles. The number of hydrogen-bond donors (Lipinski definition) is 3. The van der Waals surface area contributed by atoms with Gasteiger partial charge in [0.2, 0.25) is 5.91 Å². The number of aromatic amines is 1. The Hall–Kier alpha value is -4.71. The Morgan fingerprint density at radius 3 is 2.13 bits per heavy atom. The van der Waals surface area contributed by atoms with Gasteiger partial charge in [-0.3, -0.25) is 19.1 Å². The molecule has 4 atom stereocenters. The molecule has 0 unspecified atom stereocenters. The number of hydrogen-bond acceptors (Lipinski definition) is 8. The minimum Gasteiger partial charge on any atom is -0.497 e. The van der Waals surface area contributed by atoms with Crippen molar-refractivity contribution in [1.82, 2.24) is 20.2 Å². The Labute approximate surface area is 272 Å². The molecular weight excluding hydrogens is 600 g/mol. The number of nitrogens with one attached hydrogen (secondary N) is 3. The monoisotopic (exact) mass is 640 g/mol. The van der Waals surface area contributed by atoms with E-state index in [-0.39, 0.29) is 18.6 Å². The fourth-order valence-electron chi connectivity index (χ4n) is 6.48. The van der Waals surface area contributed by atoms with E-state index < -0.39 is 35.2 Å². The van der Waals surface area contributed by atoms with Crippen LogP contribution in [0.4, 0.5) is 0 Å². The lowest BCUT2D eigenvalue weighted by Crippen LogP contribution is -2.49. The molecule has 3 N–H and O–H groups in total. The van der Waals surface area contributed by atoms with Crippen molar-refractivity contribution < 1.29 is 23.7 Å². The van der Waals surface area contributed by atoms with E-state index in [9.17, 15) is 14.4 Å². The Bertz CT molecular complexity index is 1730. The first kappa shape index (κ1) is 32.2. The standard InChI is InChI=1S/C36H40N4O7/c1-23-21-40(35(43)39-33(23)41)32-20-30(38-34(42)29-10-7-19-37-29)31(47-32)22-46-36(24-8-5-4-6-9-24,25-11-15-27(44-2)16-12-25)26-13-17-28(45-3)18-14-26/h4-6,8-9,11-18,21,29-32,37H,7,10,19-20,22H2,1-3H3,(H,38,42)(H,39,41,43)/t29-,30-,31+,32+/m0/s1. The summed E-state index contributed by atoms with van der Waals surface area (Å²) in [6.07, 6.45) is 2.10. The van der Waals surface area contributed by atoms with E-state index in [4.69, 9.17) is 18.9 Å². The van der Waals surface area contributed by atoms with Crippen LogP contribution in [-0.4, -0.2) is 61.0 Å². The summed E-state index contributed by atoms with van der Waals surface area (Å²) in [5.41, 5.74) is 0.838. The third-order valence-corrected chi connectivity index (χ3v) is 9.03. The smallest absolute Gasteiger partial charge is 0.330 e. The minimum atomic E-state index is -1.10. The highest BCUT2D eigenvalue weighted by atomic mass is 16.6. The lowest BCUT2D eigenvalue weighted by Gasteiger charge is -2.37. The molecule has 0 saturated carbocycles. The summed E-state index contributed by atoms with van der Waals surface area (Å²) in [5, 5.41) is 6.43. The maximum absolute atomic E-state index is 13.3. The first-order chi connectivity index (χ1) is 22.8. The summed E-state index contributed by atoms with van der Waals surface area (Å²) in [7, 11) is 3.25. The number of amides is 1. The molecule has 0 bridgehead atoms. The van der Waals surface area contributed by atoms with E-state index in [1.54, 1.807) is 21.1 Å². The van der Waals surface area contributed by atoms with Crippen LogP contribution < -0.4 is 31.4 Å². The average Bonchev–Trinajstić information content (AvgIpc) is 3.79. The first-order valence-corrected chi connectivity index (χ1v) is 15.8. The zero-order valence-electron chi connectivity index (χ0n) is 26.7. The van der Waals surface area contributed by atoms with Crippen molar-refractivity contribution in [1.29, 1.82) is 0 Å². The quantitative estimate of drug-likeness (QED) is 0.213. The molecule has 2 aliphatic heterocycles. The number of carbonyl (C=O) groups is 1. The van der Waals surface area contributed by atoms with Crippen LogP contribution >= 0.6 is 0 Å². The summed E-state index contributed by atoms with van der Waals surface area (Å²) in [5.74, 6) is 1.29. The van der Waals surface area contributed by atoms with Crippen molar-refractivity contribution in [3.8, 4) is 11.5 Å². The lowest BCUT2D eigenvalue weighted by atomic mass is 9.80. The number of rotatable bonds is 11. The fourth-order valence-corrected chi connectivity index (χ4v) is 6.48. The zero-order chi connectivity index (χ0) is 33.0. The maximum atomic E-state index is 13.3. The van der Waals surface area contributed by atoms with E-state index in [2.05, 4.69) is 15.6 Å². The van der Waals surface area contributed by atoms with Crippen molar-refractivity contribution in [2.45, 2.75) is 56.2 Å². The number of carbonyl (C=O) groups excluding carboxylic acids is 1. The van der Waals surface area contributed by atoms with Gasteiger partial charge in [0, 0.05) is 18.2 Å². The van der Waals surface area contributed by atoms with Gasteiger partial charge in [-0.25, -0.2) is 4.79 Å². The number of aromatic nitrogens is 2. The molecule has 1 amide bonds. The second-order valence-electron chi connectivity index (χ2n) is 11.9. The van der Waals surface area contributed by atoms with E-state index in [0.29, 0.717) is 23.5 Å². The van der Waals surface area contributed by atoms with E-state index in [1.807, 2.05) is 78.9 Å². The van der Waals surface area contributed by atoms with Gasteiger partial charge in [-0.1, -0.05) is 54.6 Å². The number of benzene rings is 3. The molecule has 0 aliphatic carbocycles. The molecule has 3 heterocycles. The lowest BCUT2D eigenvalue weighted by molar-refractivity contribution is -0.125. The summed E-state index contributed by atoms with van der Waals surface area (Å²) in [6, 6.07) is 24.6. The topological polar surface area (TPSA) is 133 Å². The second kappa shape index (κ2) is 14.0. The minimum absolute atomic E-state index is 0.0591. The molecule has 2 aliphatic rings. The SMILES string of the molecule is COc1ccc(C(OC[C@H]2O[C@@H](n3cc(C)c(=O)[nH]c3=O)C[C@@H]2NC(=O)[C@@H]2CCCN2)(c2ccccc2)c2ccc(OC)cc2)cc1. The molecule has 47 heavy (non-hydrogen) atoms. The molecule has 0 spiro atoms. The van der Waals surface area contributed by atoms with Crippen LogP contribution in [0.2, 0.25) is 0 Å². The number of nitrogens with zero attached hydrogens (tertiary/aromatic N) is 1. The molecule has 3 aromatic carbocycles. The number of H-pyrrole nitrogens is 1. The summed E-state index contributed by atoms with van der Waals surface area (Å²) in [6.45, 7) is 2.47. The first-order valence-electron chi connectivity index (χ1n) is 15.8. The molecular formula is C36H40N4O7. The highest BCUT2D eigenvalue weighted by Gasteiger charge is 2.43. The van der Waals surface area contributed by atoms with Crippen LogP contribution in [-0.2, 0) is 19.9 Å². The third-order valence-electron chi connectivity index (χ3n) is 9.03. The Balaban J connectivity index is 1.40. The van der Waals surface area contributed by atoms with Crippen LogP contribution in [0, 0.1) is 6.92 Å². The average molecular weight is 641 g/mol. The van der Waals surface area contributed by atoms with Crippen LogP contribution in [0.5, 0.6) is 11.5 Å². The zero-order valence-corrected chi connectivity index (χ0v) is 26.7. The largest absolute Gasteiger partial charge is 0.497 e. The Kier molecular flexibility index (Phi) is 9.58. The van der Waals surface area contributed by atoms with Gasteiger partial charge >= 0.3 is 5.69 Å². The van der Waals surface area contributed by atoms with Gasteiger partial charge in [-0.05, 0) is 67.3 Å². The molecule has 6 rings (SSSR count). The summed E-state index contributed by atoms with van der Waals surface area (Å²) < 4.78 is 25.9. The van der Waals surface area contributed by atoms with Gasteiger partial charge in [-0.2, -0.15) is 0 Å². The van der Waals surface area contributed by atoms with Crippen molar-refractivity contribution in [3.05, 3.63) is 128 Å². The van der Waals surface area contributed by atoms with Crippen LogP contribution in [0.1, 0.15) is 47.7 Å². The Morgan fingerprint density at radius 1 is 0.936 bits per heavy atom. The van der Waals surface area contributed by atoms with E-state index in [1.165, 1.54) is 10.8 Å². The van der Waals surface area contributed by atoms with E-state index >= 15 is 0 Å². The maximum Gasteiger partial charge on any atom is 0.330 e. The van der Waals surface area contributed by atoms with Gasteiger partial charge in [0.15, 0.2) is 0 Å². The van der Waals surface area contributed by atoms with Gasteiger partial charge < -0.3 is 29.6 Å². The predicted octanol–water partition coefficient (Wildman–Crippen LogP) is 3.40. The molecule has 246 valence electrons. The third kappa shape index (κ3) is 6.60. The number of methoxy groups -OCH3 is 2. The van der Waals surface area contributed by atoms with Crippen molar-refractivity contribution in [2.24, 2.45) is 0 Å². The predicted molar refractivity (Wildman–Crippen MR) is 176 cm³/mol. The summed E-state index contributed by atoms with van der Waals surface area (Å²) in [4.78, 5) is 40.7. The summed E-state index contributed by atoms with van der Waals surface area (Å²) >= 11 is 0. The van der Waals surface area contributed by atoms with Gasteiger partial charge in [0.05, 0.1) is 32.9 Å². The fraction of sp³-hybridized carbons (Fsp3) is 0.361. The van der Waals surface area contributed by atoms with Crippen LogP contribution in [0.15, 0.2) is 94.6 Å². The van der Waals surface area contributed by atoms with Crippen LogP contribution in [0.25, 0.3) is 0 Å². The Morgan fingerprint density at radius 2 is 1.55 bits per heavy atom. The molecule has 2 fully saturated rings. The van der Waals surface area contributed by atoms with Crippen molar-refractivity contribution >= 4 is 5.91 Å². The van der Waals surface area contributed by atoms with Gasteiger partial charge in [0.1, 0.15) is 29.4 Å². The second-order valence-corrected chi connectivity index (χ2v) is 11.9. The van der Waals surface area contributed by atoms with E-state index in [0.717, 1.165) is 36.1 Å². The van der Waals surface area contributed by atoms with Gasteiger partial charge in [0.25, 0.3) is 5.56 Å². The van der Waals surface area contributed by atoms with Crippen LogP contribution in [0.3, 0.4) is 0 Å². The molecule has 11 heteroatoms. The van der Waals surface area contributed by atoms with Crippen molar-refractivity contribution in [3.63, 3.8) is 0 Å². The highest BCUT2D eigenvalue weighted by molar-refractivity contribution is 5.82. The molecule has 4 aromatic rings. The van der Waals surface area contributed by atoms with Gasteiger partial charge in [-0.15, -0.1) is 0 Å². The normalized spacial score (nSPS) is 21.0. The number of aryl methyl sites for hydroxylation is 1. The number of ether oxygens (including phenoxy) is 4. The highest BCUT2D eigenvalue weighted by Crippen LogP contribution is 2.42.